The molecule has 2 aromatic carbocycles. The third-order valence-electron chi connectivity index (χ3n) is 4.92. The lowest BCUT2D eigenvalue weighted by Gasteiger charge is -2.09. The molecule has 0 aliphatic rings. The Morgan fingerprint density at radius 2 is 1.64 bits per heavy atom. The minimum atomic E-state index is 0.549. The minimum absolute atomic E-state index is 0.549. The molecule has 2 heterocycles. The van der Waals surface area contributed by atoms with E-state index < -0.39 is 0 Å². The number of fused-ring (bicyclic) bond motifs is 1. The van der Waals surface area contributed by atoms with E-state index in [1.165, 1.54) is 5.56 Å². The van der Waals surface area contributed by atoms with Crippen molar-refractivity contribution in [3.05, 3.63) is 84.2 Å². The van der Waals surface area contributed by atoms with Crippen LogP contribution in [0.15, 0.2) is 73.1 Å². The summed E-state index contributed by atoms with van der Waals surface area (Å²) in [6.07, 6.45) is 4.88. The summed E-state index contributed by atoms with van der Waals surface area (Å²) in [6, 6.07) is 20.9. The molecule has 0 amide bonds. The van der Waals surface area contributed by atoms with Gasteiger partial charge in [-0.05, 0) is 47.4 Å². The normalized spacial score (nSPS) is 11.1. The Morgan fingerprint density at radius 1 is 0.893 bits per heavy atom. The summed E-state index contributed by atoms with van der Waals surface area (Å²) in [4.78, 5) is 4.57. The molecule has 2 aromatic heterocycles. The number of benzene rings is 2. The number of rotatable bonds is 7. The Kier molecular flexibility index (Phi) is 5.40. The highest BCUT2D eigenvalue weighted by Gasteiger charge is 2.04. The summed E-state index contributed by atoms with van der Waals surface area (Å²) in [7, 11) is 3.73. The second-order valence-corrected chi connectivity index (χ2v) is 6.94. The minimum Gasteiger partial charge on any atom is -0.489 e. The molecule has 0 fully saturated rings. The van der Waals surface area contributed by atoms with E-state index in [1.807, 2.05) is 36.1 Å². The highest BCUT2D eigenvalue weighted by atomic mass is 16.5. The van der Waals surface area contributed by atoms with Gasteiger partial charge in [-0.3, -0.25) is 0 Å². The van der Waals surface area contributed by atoms with E-state index in [-0.39, 0.29) is 0 Å². The van der Waals surface area contributed by atoms with Crippen LogP contribution >= 0.6 is 0 Å². The highest BCUT2D eigenvalue weighted by molar-refractivity contribution is 5.81. The van der Waals surface area contributed by atoms with Crippen LogP contribution in [0.25, 0.3) is 22.2 Å². The first-order chi connectivity index (χ1) is 13.7. The van der Waals surface area contributed by atoms with Gasteiger partial charge in [0.2, 0.25) is 0 Å². The van der Waals surface area contributed by atoms with E-state index in [4.69, 9.17) is 9.47 Å². The largest absolute Gasteiger partial charge is 0.489 e. The second kappa shape index (κ2) is 8.28. The lowest BCUT2D eigenvalue weighted by Crippen LogP contribution is -1.97. The van der Waals surface area contributed by atoms with Gasteiger partial charge < -0.3 is 14.0 Å². The smallest absolute Gasteiger partial charge is 0.139 e. The van der Waals surface area contributed by atoms with E-state index >= 15 is 0 Å². The molecule has 142 valence electrons. The maximum Gasteiger partial charge on any atom is 0.139 e. The van der Waals surface area contributed by atoms with Crippen LogP contribution < -0.4 is 4.74 Å². The molecular weight excluding hydrogens is 348 g/mol. The first-order valence-electron chi connectivity index (χ1n) is 9.44. The molecule has 0 spiro atoms. The second-order valence-electron chi connectivity index (χ2n) is 6.94. The highest BCUT2D eigenvalue weighted by Crippen LogP contribution is 2.24. The van der Waals surface area contributed by atoms with Crippen LogP contribution in [-0.4, -0.2) is 23.3 Å². The monoisotopic (exact) mass is 372 g/mol. The van der Waals surface area contributed by atoms with Gasteiger partial charge in [0.05, 0.1) is 6.61 Å². The Hall–Kier alpha value is -3.11. The van der Waals surface area contributed by atoms with Crippen molar-refractivity contribution in [3.63, 3.8) is 0 Å². The number of aryl methyl sites for hydroxylation is 1. The molecule has 28 heavy (non-hydrogen) atoms. The maximum absolute atomic E-state index is 5.91. The number of hydrogen-bond acceptors (Lipinski definition) is 3. The Bertz CT molecular complexity index is 1050. The summed E-state index contributed by atoms with van der Waals surface area (Å²) < 4.78 is 13.1. The molecule has 0 aliphatic carbocycles. The van der Waals surface area contributed by atoms with Gasteiger partial charge in [0.15, 0.2) is 0 Å². The average molecular weight is 372 g/mol. The molecule has 0 aliphatic heterocycles. The van der Waals surface area contributed by atoms with Crippen molar-refractivity contribution in [2.75, 3.05) is 13.7 Å². The van der Waals surface area contributed by atoms with Gasteiger partial charge in [-0.15, -0.1) is 0 Å². The summed E-state index contributed by atoms with van der Waals surface area (Å²) in [5, 5.41) is 1.15. The maximum atomic E-state index is 5.91. The van der Waals surface area contributed by atoms with E-state index in [1.54, 1.807) is 7.11 Å². The number of aromatic nitrogens is 2. The summed E-state index contributed by atoms with van der Waals surface area (Å²) in [6.45, 7) is 1.28. The van der Waals surface area contributed by atoms with Gasteiger partial charge in [-0.2, -0.15) is 0 Å². The molecule has 4 nitrogen and oxygen atoms in total. The Labute approximate surface area is 165 Å². The van der Waals surface area contributed by atoms with Crippen LogP contribution in [0.3, 0.4) is 0 Å². The Balaban J connectivity index is 1.40. The SMILES string of the molecule is COCCc1ccc(OCc2ccc(-c3cnc4c(ccn4C)c3)cc2)cc1. The van der Waals surface area contributed by atoms with E-state index in [2.05, 4.69) is 53.5 Å². The zero-order valence-electron chi connectivity index (χ0n) is 16.3. The molecule has 0 unspecified atom stereocenters. The molecular formula is C24H24N2O2. The molecule has 4 rings (SSSR count). The van der Waals surface area contributed by atoms with Crippen molar-refractivity contribution in [3.8, 4) is 16.9 Å². The van der Waals surface area contributed by atoms with Gasteiger partial charge in [0.25, 0.3) is 0 Å². The van der Waals surface area contributed by atoms with E-state index in [0.29, 0.717) is 6.61 Å². The molecule has 4 heteroatoms. The van der Waals surface area contributed by atoms with Crippen molar-refractivity contribution >= 4 is 11.0 Å². The fourth-order valence-corrected chi connectivity index (χ4v) is 3.24. The number of ether oxygens (including phenoxy) is 2. The zero-order valence-corrected chi connectivity index (χ0v) is 16.3. The van der Waals surface area contributed by atoms with Gasteiger partial charge in [0, 0.05) is 37.5 Å². The lowest BCUT2D eigenvalue weighted by atomic mass is 10.1. The molecule has 0 saturated heterocycles. The number of methoxy groups -OCH3 is 1. The predicted molar refractivity (Wildman–Crippen MR) is 113 cm³/mol. The van der Waals surface area contributed by atoms with Crippen LogP contribution in [0.5, 0.6) is 5.75 Å². The van der Waals surface area contributed by atoms with Gasteiger partial charge in [-0.25, -0.2) is 4.98 Å². The van der Waals surface area contributed by atoms with E-state index in [0.717, 1.165) is 46.5 Å². The van der Waals surface area contributed by atoms with Gasteiger partial charge in [0.1, 0.15) is 18.0 Å². The number of pyridine rings is 1. The fourth-order valence-electron chi connectivity index (χ4n) is 3.24. The summed E-state index contributed by atoms with van der Waals surface area (Å²) in [5.74, 6) is 0.879. The zero-order chi connectivity index (χ0) is 19.3. The third-order valence-corrected chi connectivity index (χ3v) is 4.92. The van der Waals surface area contributed by atoms with Gasteiger partial charge in [-0.1, -0.05) is 36.4 Å². The van der Waals surface area contributed by atoms with Crippen molar-refractivity contribution in [1.29, 1.82) is 0 Å². The van der Waals surface area contributed by atoms with Crippen LogP contribution in [0.2, 0.25) is 0 Å². The first-order valence-corrected chi connectivity index (χ1v) is 9.44. The van der Waals surface area contributed by atoms with Crippen LogP contribution in [0.4, 0.5) is 0 Å². The van der Waals surface area contributed by atoms with Gasteiger partial charge >= 0.3 is 0 Å². The average Bonchev–Trinajstić information content (AvgIpc) is 3.12. The molecule has 4 aromatic rings. The third kappa shape index (κ3) is 4.07. The molecule has 0 radical (unpaired) electrons. The quantitative estimate of drug-likeness (QED) is 0.458. The van der Waals surface area contributed by atoms with Crippen LogP contribution in [-0.2, 0) is 24.8 Å². The molecule has 0 saturated carbocycles. The van der Waals surface area contributed by atoms with Crippen molar-refractivity contribution in [2.45, 2.75) is 13.0 Å². The molecule has 0 bridgehead atoms. The topological polar surface area (TPSA) is 36.3 Å². The van der Waals surface area contributed by atoms with Crippen molar-refractivity contribution in [1.82, 2.24) is 9.55 Å². The predicted octanol–water partition coefficient (Wildman–Crippen LogP) is 5.01. The van der Waals surface area contributed by atoms with Crippen molar-refractivity contribution < 1.29 is 9.47 Å². The number of hydrogen-bond donors (Lipinski definition) is 0. The lowest BCUT2D eigenvalue weighted by molar-refractivity contribution is 0.202. The van der Waals surface area contributed by atoms with Crippen molar-refractivity contribution in [2.24, 2.45) is 7.05 Å². The summed E-state index contributed by atoms with van der Waals surface area (Å²) >= 11 is 0. The molecule has 0 atom stereocenters. The molecule has 0 N–H and O–H groups in total. The standard InChI is InChI=1S/C24H24N2O2/c1-26-13-11-21-15-22(16-25-24(21)26)20-7-3-19(4-8-20)17-28-23-9-5-18(6-10-23)12-14-27-2/h3-11,13,15-16H,12,14,17H2,1-2H3. The summed E-state index contributed by atoms with van der Waals surface area (Å²) in [5.41, 5.74) is 5.67. The first kappa shape index (κ1) is 18.3. The Morgan fingerprint density at radius 3 is 2.39 bits per heavy atom. The van der Waals surface area contributed by atoms with E-state index in [9.17, 15) is 0 Å². The van der Waals surface area contributed by atoms with Crippen LogP contribution in [0.1, 0.15) is 11.1 Å². The number of nitrogens with zero attached hydrogens (tertiary/aromatic N) is 2. The fraction of sp³-hybridized carbons (Fsp3) is 0.208. The van der Waals surface area contributed by atoms with Crippen LogP contribution in [0, 0.1) is 0 Å².